The number of halogens is 1. The predicted molar refractivity (Wildman–Crippen MR) is 65.0 cm³/mol. The highest BCUT2D eigenvalue weighted by atomic mass is 19.1. The fourth-order valence-corrected chi connectivity index (χ4v) is 3.02. The van der Waals surface area contributed by atoms with Crippen molar-refractivity contribution in [2.45, 2.75) is 38.7 Å². The van der Waals surface area contributed by atoms with Gasteiger partial charge >= 0.3 is 0 Å². The Morgan fingerprint density at radius 2 is 1.71 bits per heavy atom. The molecule has 0 spiro atoms. The van der Waals surface area contributed by atoms with E-state index in [0.29, 0.717) is 17.8 Å². The summed E-state index contributed by atoms with van der Waals surface area (Å²) in [7, 11) is 0. The molecule has 1 atom stereocenters. The standard InChI is InChI=1S/C15H19FO/c1-9-6-12(8-13(16)7-9)15(17)14(10-2-3-10)11-4-5-11/h6-8,10-11,14-15,17H,2-5H2,1H3. The lowest BCUT2D eigenvalue weighted by molar-refractivity contribution is 0.0818. The molecule has 0 saturated heterocycles. The van der Waals surface area contributed by atoms with Crippen LogP contribution in [0.3, 0.4) is 0 Å². The monoisotopic (exact) mass is 234 g/mol. The number of hydrogen-bond acceptors (Lipinski definition) is 1. The van der Waals surface area contributed by atoms with Crippen LogP contribution in [0.5, 0.6) is 0 Å². The van der Waals surface area contributed by atoms with Gasteiger partial charge < -0.3 is 5.11 Å². The van der Waals surface area contributed by atoms with Crippen molar-refractivity contribution in [3.8, 4) is 0 Å². The second-order valence-corrected chi connectivity index (χ2v) is 5.76. The largest absolute Gasteiger partial charge is 0.388 e. The summed E-state index contributed by atoms with van der Waals surface area (Å²) < 4.78 is 13.4. The number of benzene rings is 1. The first-order valence-electron chi connectivity index (χ1n) is 6.60. The molecular formula is C15H19FO. The average molecular weight is 234 g/mol. The van der Waals surface area contributed by atoms with Crippen LogP contribution in [0.2, 0.25) is 0 Å². The molecule has 1 aromatic rings. The lowest BCUT2D eigenvalue weighted by Gasteiger charge is -2.23. The molecule has 2 aliphatic carbocycles. The zero-order valence-electron chi connectivity index (χ0n) is 10.2. The number of aliphatic hydroxyl groups is 1. The lowest BCUT2D eigenvalue weighted by atomic mass is 9.87. The van der Waals surface area contributed by atoms with Crippen LogP contribution in [0.25, 0.3) is 0 Å². The first kappa shape index (κ1) is 11.2. The van der Waals surface area contributed by atoms with Crippen molar-refractivity contribution in [2.75, 3.05) is 0 Å². The van der Waals surface area contributed by atoms with E-state index in [1.54, 1.807) is 0 Å². The lowest BCUT2D eigenvalue weighted by Crippen LogP contribution is -2.17. The van der Waals surface area contributed by atoms with Gasteiger partial charge in [0.1, 0.15) is 5.82 Å². The predicted octanol–water partition coefficient (Wildman–Crippen LogP) is 3.60. The van der Waals surface area contributed by atoms with Crippen molar-refractivity contribution in [3.63, 3.8) is 0 Å². The summed E-state index contributed by atoms with van der Waals surface area (Å²) in [5, 5.41) is 10.5. The minimum Gasteiger partial charge on any atom is -0.388 e. The number of rotatable bonds is 4. The van der Waals surface area contributed by atoms with Gasteiger partial charge in [-0.15, -0.1) is 0 Å². The van der Waals surface area contributed by atoms with Crippen LogP contribution in [0, 0.1) is 30.5 Å². The molecule has 2 aliphatic rings. The fourth-order valence-electron chi connectivity index (χ4n) is 3.02. The summed E-state index contributed by atoms with van der Waals surface area (Å²) in [5.74, 6) is 1.50. The highest BCUT2D eigenvalue weighted by molar-refractivity contribution is 5.26. The number of aliphatic hydroxyl groups excluding tert-OH is 1. The van der Waals surface area contributed by atoms with Crippen LogP contribution in [-0.2, 0) is 0 Å². The molecule has 17 heavy (non-hydrogen) atoms. The van der Waals surface area contributed by atoms with Crippen LogP contribution in [0.1, 0.15) is 42.9 Å². The first-order chi connectivity index (χ1) is 8.15. The van der Waals surface area contributed by atoms with Gasteiger partial charge in [-0.2, -0.15) is 0 Å². The molecule has 2 heteroatoms. The Labute approximate surface area is 102 Å². The van der Waals surface area contributed by atoms with Gasteiger partial charge in [0.2, 0.25) is 0 Å². The molecule has 2 fully saturated rings. The maximum atomic E-state index is 13.4. The molecule has 0 heterocycles. The summed E-state index contributed by atoms with van der Waals surface area (Å²) in [6, 6.07) is 4.93. The Balaban J connectivity index is 1.85. The normalized spacial score (nSPS) is 21.9. The molecule has 2 saturated carbocycles. The molecule has 1 nitrogen and oxygen atoms in total. The third-order valence-electron chi connectivity index (χ3n) is 4.10. The van der Waals surface area contributed by atoms with Crippen molar-refractivity contribution in [2.24, 2.45) is 17.8 Å². The van der Waals surface area contributed by atoms with Crippen LogP contribution in [-0.4, -0.2) is 5.11 Å². The maximum absolute atomic E-state index is 13.4. The van der Waals surface area contributed by atoms with E-state index in [1.165, 1.54) is 37.8 Å². The molecule has 92 valence electrons. The van der Waals surface area contributed by atoms with Gasteiger partial charge in [0.25, 0.3) is 0 Å². The molecule has 3 rings (SSSR count). The Morgan fingerprint density at radius 3 is 2.18 bits per heavy atom. The minimum absolute atomic E-state index is 0.232. The molecule has 1 unspecified atom stereocenters. The Hall–Kier alpha value is -0.890. The maximum Gasteiger partial charge on any atom is 0.123 e. The van der Waals surface area contributed by atoms with E-state index in [1.807, 2.05) is 13.0 Å². The van der Waals surface area contributed by atoms with Crippen LogP contribution in [0.4, 0.5) is 4.39 Å². The highest BCUT2D eigenvalue weighted by Crippen LogP contribution is 2.54. The summed E-state index contributed by atoms with van der Waals surface area (Å²) in [6.07, 6.45) is 4.50. The average Bonchev–Trinajstić information content (AvgIpc) is 3.11. The van der Waals surface area contributed by atoms with Crippen LogP contribution >= 0.6 is 0 Å². The molecule has 0 amide bonds. The summed E-state index contributed by atoms with van der Waals surface area (Å²) in [5.41, 5.74) is 1.66. The van der Waals surface area contributed by atoms with Crippen molar-refractivity contribution < 1.29 is 9.50 Å². The van der Waals surface area contributed by atoms with Gasteiger partial charge in [-0.3, -0.25) is 0 Å². The van der Waals surface area contributed by atoms with E-state index < -0.39 is 6.10 Å². The summed E-state index contributed by atoms with van der Waals surface area (Å²) in [6.45, 7) is 1.88. The second-order valence-electron chi connectivity index (χ2n) is 5.76. The van der Waals surface area contributed by atoms with Crippen molar-refractivity contribution >= 4 is 0 Å². The van der Waals surface area contributed by atoms with Crippen molar-refractivity contribution in [3.05, 3.63) is 35.1 Å². The van der Waals surface area contributed by atoms with Gasteiger partial charge in [0.15, 0.2) is 0 Å². The zero-order chi connectivity index (χ0) is 12.0. The van der Waals surface area contributed by atoms with E-state index in [9.17, 15) is 9.50 Å². The first-order valence-corrected chi connectivity index (χ1v) is 6.60. The third kappa shape index (κ3) is 2.37. The van der Waals surface area contributed by atoms with Gasteiger partial charge in [-0.25, -0.2) is 4.39 Å². The van der Waals surface area contributed by atoms with Crippen molar-refractivity contribution in [1.82, 2.24) is 0 Å². The smallest absolute Gasteiger partial charge is 0.123 e. The minimum atomic E-state index is -0.468. The van der Waals surface area contributed by atoms with Gasteiger partial charge in [-0.05, 0) is 73.6 Å². The van der Waals surface area contributed by atoms with E-state index in [-0.39, 0.29) is 5.82 Å². The SMILES string of the molecule is Cc1cc(F)cc(C(O)C(C2CC2)C2CC2)c1. The molecule has 1 N–H and O–H groups in total. The quantitative estimate of drug-likeness (QED) is 0.844. The third-order valence-corrected chi connectivity index (χ3v) is 4.10. The Bertz CT molecular complexity index is 389. The second kappa shape index (κ2) is 4.09. The molecule has 1 aromatic carbocycles. The van der Waals surface area contributed by atoms with Gasteiger partial charge in [0.05, 0.1) is 6.10 Å². The number of aryl methyl sites for hydroxylation is 1. The van der Waals surface area contributed by atoms with E-state index in [2.05, 4.69) is 0 Å². The van der Waals surface area contributed by atoms with Crippen LogP contribution in [0.15, 0.2) is 18.2 Å². The van der Waals surface area contributed by atoms with Gasteiger partial charge in [-0.1, -0.05) is 6.07 Å². The molecule has 0 radical (unpaired) electrons. The summed E-state index contributed by atoms with van der Waals surface area (Å²) in [4.78, 5) is 0. The van der Waals surface area contributed by atoms with E-state index >= 15 is 0 Å². The van der Waals surface area contributed by atoms with Gasteiger partial charge in [0, 0.05) is 0 Å². The van der Waals surface area contributed by atoms with E-state index in [0.717, 1.165) is 11.1 Å². The Kier molecular flexibility index (Phi) is 2.70. The van der Waals surface area contributed by atoms with Crippen molar-refractivity contribution in [1.29, 1.82) is 0 Å². The van der Waals surface area contributed by atoms with E-state index in [4.69, 9.17) is 0 Å². The molecule has 0 bridgehead atoms. The molecule has 0 aliphatic heterocycles. The zero-order valence-corrected chi connectivity index (χ0v) is 10.2. The highest BCUT2D eigenvalue weighted by Gasteiger charge is 2.45. The van der Waals surface area contributed by atoms with Crippen LogP contribution < -0.4 is 0 Å². The molecule has 0 aromatic heterocycles. The number of hydrogen-bond donors (Lipinski definition) is 1. The molecular weight excluding hydrogens is 215 g/mol. The summed E-state index contributed by atoms with van der Waals surface area (Å²) >= 11 is 0. The topological polar surface area (TPSA) is 20.2 Å². The Morgan fingerprint density at radius 1 is 1.12 bits per heavy atom. The fraction of sp³-hybridized carbons (Fsp3) is 0.600.